The lowest BCUT2D eigenvalue weighted by molar-refractivity contribution is 0.0979. The SMILES string of the molecule is O=C(NC(=S)Nc1cc(Cl)c(O)c(Cl)c1)c1cccc2ccccc12. The molecule has 0 heterocycles. The summed E-state index contributed by atoms with van der Waals surface area (Å²) in [5, 5.41) is 17.1. The summed E-state index contributed by atoms with van der Waals surface area (Å²) in [7, 11) is 0. The van der Waals surface area contributed by atoms with Crippen molar-refractivity contribution in [3.05, 3.63) is 70.2 Å². The first-order valence-corrected chi connectivity index (χ1v) is 8.40. The summed E-state index contributed by atoms with van der Waals surface area (Å²) < 4.78 is 0. The third-order valence-corrected chi connectivity index (χ3v) is 4.32. The first-order chi connectivity index (χ1) is 12.0. The molecular formula is C18H12Cl2N2O2S. The maximum absolute atomic E-state index is 12.5. The highest BCUT2D eigenvalue weighted by molar-refractivity contribution is 7.80. The zero-order valence-corrected chi connectivity index (χ0v) is 15.0. The fourth-order valence-electron chi connectivity index (χ4n) is 2.39. The van der Waals surface area contributed by atoms with E-state index in [1.807, 2.05) is 36.4 Å². The number of hydrogen-bond donors (Lipinski definition) is 3. The number of halogens is 2. The van der Waals surface area contributed by atoms with Crippen LogP contribution in [0, 0.1) is 0 Å². The quantitative estimate of drug-likeness (QED) is 0.426. The van der Waals surface area contributed by atoms with Crippen LogP contribution in [0.4, 0.5) is 5.69 Å². The van der Waals surface area contributed by atoms with Gasteiger partial charge < -0.3 is 10.4 Å². The zero-order valence-electron chi connectivity index (χ0n) is 12.7. The van der Waals surface area contributed by atoms with E-state index in [4.69, 9.17) is 35.4 Å². The van der Waals surface area contributed by atoms with Crippen molar-refractivity contribution in [3.8, 4) is 5.75 Å². The summed E-state index contributed by atoms with van der Waals surface area (Å²) in [5.41, 5.74) is 0.972. The Morgan fingerprint density at radius 3 is 2.36 bits per heavy atom. The Balaban J connectivity index is 1.78. The van der Waals surface area contributed by atoms with E-state index in [1.165, 1.54) is 12.1 Å². The molecule has 1 amide bonds. The predicted molar refractivity (Wildman–Crippen MR) is 106 cm³/mol. The van der Waals surface area contributed by atoms with Crippen LogP contribution in [-0.4, -0.2) is 16.1 Å². The van der Waals surface area contributed by atoms with Crippen LogP contribution in [0.1, 0.15) is 10.4 Å². The Hall–Kier alpha value is -2.34. The Kier molecular flexibility index (Phi) is 5.08. The number of nitrogens with one attached hydrogen (secondary N) is 2. The lowest BCUT2D eigenvalue weighted by Crippen LogP contribution is -2.34. The van der Waals surface area contributed by atoms with E-state index in [1.54, 1.807) is 6.07 Å². The molecule has 4 nitrogen and oxygen atoms in total. The largest absolute Gasteiger partial charge is 0.505 e. The Labute approximate surface area is 159 Å². The number of anilines is 1. The zero-order chi connectivity index (χ0) is 18.0. The van der Waals surface area contributed by atoms with Crippen LogP contribution in [0.5, 0.6) is 5.75 Å². The van der Waals surface area contributed by atoms with Gasteiger partial charge in [-0.2, -0.15) is 0 Å². The molecule has 0 aliphatic rings. The van der Waals surface area contributed by atoms with Gasteiger partial charge >= 0.3 is 0 Å². The molecule has 0 aromatic heterocycles. The van der Waals surface area contributed by atoms with E-state index in [-0.39, 0.29) is 26.8 Å². The number of thiocarbonyl (C=S) groups is 1. The molecule has 126 valence electrons. The molecule has 25 heavy (non-hydrogen) atoms. The van der Waals surface area contributed by atoms with Crippen molar-refractivity contribution in [1.29, 1.82) is 0 Å². The van der Waals surface area contributed by atoms with E-state index >= 15 is 0 Å². The molecular weight excluding hydrogens is 379 g/mol. The van der Waals surface area contributed by atoms with E-state index in [9.17, 15) is 9.90 Å². The molecule has 3 N–H and O–H groups in total. The normalized spacial score (nSPS) is 10.5. The molecule has 3 rings (SSSR count). The van der Waals surface area contributed by atoms with Crippen molar-refractivity contribution >= 4 is 62.9 Å². The van der Waals surface area contributed by atoms with Gasteiger partial charge in [0, 0.05) is 11.3 Å². The van der Waals surface area contributed by atoms with Gasteiger partial charge in [0.2, 0.25) is 0 Å². The topological polar surface area (TPSA) is 61.4 Å². The number of rotatable bonds is 2. The minimum Gasteiger partial charge on any atom is -0.505 e. The molecule has 0 radical (unpaired) electrons. The van der Waals surface area contributed by atoms with Gasteiger partial charge in [-0.3, -0.25) is 10.1 Å². The average Bonchev–Trinajstić information content (AvgIpc) is 2.59. The Morgan fingerprint density at radius 2 is 1.64 bits per heavy atom. The van der Waals surface area contributed by atoms with Crippen molar-refractivity contribution in [2.24, 2.45) is 0 Å². The third kappa shape index (κ3) is 3.85. The minimum absolute atomic E-state index is 0.0816. The van der Waals surface area contributed by atoms with E-state index in [2.05, 4.69) is 10.6 Å². The molecule has 0 aliphatic carbocycles. The van der Waals surface area contributed by atoms with Crippen molar-refractivity contribution in [2.75, 3.05) is 5.32 Å². The third-order valence-electron chi connectivity index (χ3n) is 3.54. The van der Waals surface area contributed by atoms with Gasteiger partial charge in [-0.05, 0) is 41.2 Å². The number of phenolic OH excluding ortho intramolecular Hbond substituents is 1. The highest BCUT2D eigenvalue weighted by Gasteiger charge is 2.12. The fourth-order valence-corrected chi connectivity index (χ4v) is 3.09. The van der Waals surface area contributed by atoms with Crippen molar-refractivity contribution in [2.45, 2.75) is 0 Å². The summed E-state index contributed by atoms with van der Waals surface area (Å²) in [6.07, 6.45) is 0. The molecule has 0 spiro atoms. The van der Waals surface area contributed by atoms with E-state index < -0.39 is 0 Å². The number of fused-ring (bicyclic) bond motifs is 1. The number of carbonyl (C=O) groups is 1. The second kappa shape index (κ2) is 7.27. The molecule has 0 aliphatic heterocycles. The van der Waals surface area contributed by atoms with Gasteiger partial charge in [0.1, 0.15) is 0 Å². The predicted octanol–water partition coefficient (Wildman–Crippen LogP) is 4.98. The average molecular weight is 391 g/mol. The van der Waals surface area contributed by atoms with Crippen LogP contribution >= 0.6 is 35.4 Å². The van der Waals surface area contributed by atoms with Gasteiger partial charge in [-0.1, -0.05) is 59.6 Å². The van der Waals surface area contributed by atoms with Gasteiger partial charge in [0.15, 0.2) is 10.9 Å². The minimum atomic E-state index is -0.328. The van der Waals surface area contributed by atoms with Crippen molar-refractivity contribution in [1.82, 2.24) is 5.32 Å². The lowest BCUT2D eigenvalue weighted by Gasteiger charge is -2.12. The summed E-state index contributed by atoms with van der Waals surface area (Å²) in [6, 6.07) is 16.0. The fraction of sp³-hybridized carbons (Fsp3) is 0. The van der Waals surface area contributed by atoms with Crippen LogP contribution in [0.25, 0.3) is 10.8 Å². The summed E-state index contributed by atoms with van der Waals surface area (Å²) in [5.74, 6) is -0.537. The highest BCUT2D eigenvalue weighted by atomic mass is 35.5. The highest BCUT2D eigenvalue weighted by Crippen LogP contribution is 2.34. The maximum Gasteiger partial charge on any atom is 0.258 e. The molecule has 3 aromatic carbocycles. The van der Waals surface area contributed by atoms with Crippen molar-refractivity contribution in [3.63, 3.8) is 0 Å². The van der Waals surface area contributed by atoms with Crippen molar-refractivity contribution < 1.29 is 9.90 Å². The smallest absolute Gasteiger partial charge is 0.258 e. The van der Waals surface area contributed by atoms with Gasteiger partial charge in [-0.25, -0.2) is 0 Å². The Morgan fingerprint density at radius 1 is 1.00 bits per heavy atom. The summed E-state index contributed by atoms with van der Waals surface area (Å²) in [4.78, 5) is 12.5. The molecule has 0 bridgehead atoms. The molecule has 3 aromatic rings. The number of hydrogen-bond acceptors (Lipinski definition) is 3. The second-order valence-electron chi connectivity index (χ2n) is 5.22. The number of phenols is 1. The van der Waals surface area contributed by atoms with Gasteiger partial charge in [0.05, 0.1) is 10.0 Å². The summed E-state index contributed by atoms with van der Waals surface area (Å²) in [6.45, 7) is 0. The van der Waals surface area contributed by atoms with Gasteiger partial charge in [-0.15, -0.1) is 0 Å². The van der Waals surface area contributed by atoms with E-state index in [0.717, 1.165) is 10.8 Å². The second-order valence-corrected chi connectivity index (χ2v) is 6.45. The monoisotopic (exact) mass is 390 g/mol. The number of benzene rings is 3. The van der Waals surface area contributed by atoms with Crippen LogP contribution < -0.4 is 10.6 Å². The number of amides is 1. The molecule has 0 unspecified atom stereocenters. The molecule has 0 saturated heterocycles. The first-order valence-electron chi connectivity index (χ1n) is 7.24. The molecule has 0 atom stereocenters. The Bertz CT molecular complexity index is 963. The number of carbonyl (C=O) groups excluding carboxylic acids is 1. The maximum atomic E-state index is 12.5. The van der Waals surface area contributed by atoms with Crippen LogP contribution in [-0.2, 0) is 0 Å². The van der Waals surface area contributed by atoms with Crippen LogP contribution in [0.2, 0.25) is 10.0 Å². The lowest BCUT2D eigenvalue weighted by atomic mass is 10.0. The van der Waals surface area contributed by atoms with Gasteiger partial charge in [0.25, 0.3) is 5.91 Å². The standard InChI is InChI=1S/C18H12Cl2N2O2S/c19-14-8-11(9-15(20)16(14)23)21-18(25)22-17(24)13-7-3-5-10-4-1-2-6-12(10)13/h1-9,23H,(H2,21,22,24,25). The summed E-state index contributed by atoms with van der Waals surface area (Å²) >= 11 is 16.9. The molecule has 0 saturated carbocycles. The first kappa shape index (κ1) is 17.5. The molecule has 0 fully saturated rings. The van der Waals surface area contributed by atoms with Crippen LogP contribution in [0.3, 0.4) is 0 Å². The number of aromatic hydroxyl groups is 1. The van der Waals surface area contributed by atoms with Crippen LogP contribution in [0.15, 0.2) is 54.6 Å². The molecule has 7 heteroatoms. The van der Waals surface area contributed by atoms with E-state index in [0.29, 0.717) is 11.3 Å².